The zero-order valence-corrected chi connectivity index (χ0v) is 10.4. The summed E-state index contributed by atoms with van der Waals surface area (Å²) in [5, 5.41) is 11.0. The highest BCUT2D eigenvalue weighted by Crippen LogP contribution is 2.24. The molecule has 3 heteroatoms. The lowest BCUT2D eigenvalue weighted by Crippen LogP contribution is -2.22. The molecule has 1 atom stereocenters. The van der Waals surface area contributed by atoms with E-state index < -0.39 is 6.10 Å². The number of benzene rings is 1. The SMILES string of the molecule is CC(C)(C)OCC(O)c1cc2ccccc2o1. The first-order chi connectivity index (χ1) is 7.96. The first kappa shape index (κ1) is 12.1. The van der Waals surface area contributed by atoms with E-state index in [1.807, 2.05) is 51.1 Å². The van der Waals surface area contributed by atoms with Gasteiger partial charge in [0.15, 0.2) is 0 Å². The van der Waals surface area contributed by atoms with Gasteiger partial charge in [0.2, 0.25) is 0 Å². The molecule has 2 aromatic rings. The Kier molecular flexibility index (Phi) is 3.22. The Hall–Kier alpha value is -1.32. The lowest BCUT2D eigenvalue weighted by Gasteiger charge is -2.21. The number of rotatable bonds is 3. The Morgan fingerprint density at radius 1 is 1.29 bits per heavy atom. The van der Waals surface area contributed by atoms with E-state index in [9.17, 15) is 5.11 Å². The second-order valence-electron chi connectivity index (χ2n) is 5.13. The molecule has 17 heavy (non-hydrogen) atoms. The Bertz CT molecular complexity index is 460. The molecule has 0 aliphatic heterocycles. The number of ether oxygens (including phenoxy) is 1. The van der Waals surface area contributed by atoms with Crippen LogP contribution in [-0.2, 0) is 4.74 Å². The highest BCUT2D eigenvalue weighted by atomic mass is 16.5. The molecule has 1 aromatic heterocycles. The lowest BCUT2D eigenvalue weighted by atomic mass is 10.2. The first-order valence-corrected chi connectivity index (χ1v) is 5.76. The molecule has 0 fully saturated rings. The topological polar surface area (TPSA) is 42.6 Å². The van der Waals surface area contributed by atoms with Gasteiger partial charge in [-0.2, -0.15) is 0 Å². The molecule has 0 spiro atoms. The minimum Gasteiger partial charge on any atom is -0.458 e. The van der Waals surface area contributed by atoms with E-state index in [1.54, 1.807) is 0 Å². The monoisotopic (exact) mass is 234 g/mol. The van der Waals surface area contributed by atoms with Crippen molar-refractivity contribution in [3.8, 4) is 0 Å². The smallest absolute Gasteiger partial charge is 0.136 e. The molecule has 92 valence electrons. The van der Waals surface area contributed by atoms with Crippen LogP contribution in [0.25, 0.3) is 11.0 Å². The fourth-order valence-corrected chi connectivity index (χ4v) is 1.58. The standard InChI is InChI=1S/C14H18O3/c1-14(2,3)16-9-11(15)13-8-10-6-4-5-7-12(10)17-13/h4-8,11,15H,9H2,1-3H3. The van der Waals surface area contributed by atoms with Crippen molar-refractivity contribution in [3.63, 3.8) is 0 Å². The number of aliphatic hydroxyl groups is 1. The van der Waals surface area contributed by atoms with Crippen LogP contribution in [0.1, 0.15) is 32.6 Å². The van der Waals surface area contributed by atoms with Crippen LogP contribution in [0.4, 0.5) is 0 Å². The highest BCUT2D eigenvalue weighted by Gasteiger charge is 2.17. The summed E-state index contributed by atoms with van der Waals surface area (Å²) in [5.74, 6) is 0.551. The third-order valence-electron chi connectivity index (χ3n) is 2.45. The molecular weight excluding hydrogens is 216 g/mol. The van der Waals surface area contributed by atoms with Gasteiger partial charge in [-0.15, -0.1) is 0 Å². The van der Waals surface area contributed by atoms with Gasteiger partial charge in [-0.3, -0.25) is 0 Å². The molecule has 0 saturated heterocycles. The number of fused-ring (bicyclic) bond motifs is 1. The molecule has 1 N–H and O–H groups in total. The van der Waals surface area contributed by atoms with E-state index in [2.05, 4.69) is 0 Å². The van der Waals surface area contributed by atoms with Crippen LogP contribution in [0.5, 0.6) is 0 Å². The van der Waals surface area contributed by atoms with E-state index in [-0.39, 0.29) is 12.2 Å². The van der Waals surface area contributed by atoms with Crippen LogP contribution in [0.2, 0.25) is 0 Å². The Balaban J connectivity index is 2.11. The van der Waals surface area contributed by atoms with Gasteiger partial charge in [0.1, 0.15) is 17.4 Å². The highest BCUT2D eigenvalue weighted by molar-refractivity contribution is 5.77. The molecule has 0 saturated carbocycles. The zero-order chi connectivity index (χ0) is 12.5. The first-order valence-electron chi connectivity index (χ1n) is 5.76. The van der Waals surface area contributed by atoms with Gasteiger partial charge in [-0.1, -0.05) is 18.2 Å². The third kappa shape index (κ3) is 3.08. The van der Waals surface area contributed by atoms with Crippen molar-refractivity contribution in [2.75, 3.05) is 6.61 Å². The Labute approximate surface area is 101 Å². The maximum absolute atomic E-state index is 9.97. The van der Waals surface area contributed by atoms with E-state index in [0.29, 0.717) is 5.76 Å². The maximum Gasteiger partial charge on any atom is 0.136 e. The van der Waals surface area contributed by atoms with Crippen LogP contribution in [0.3, 0.4) is 0 Å². The van der Waals surface area contributed by atoms with E-state index in [4.69, 9.17) is 9.15 Å². The number of para-hydroxylation sites is 1. The normalized spacial score (nSPS) is 14.1. The summed E-state index contributed by atoms with van der Waals surface area (Å²) in [4.78, 5) is 0. The molecule has 3 nitrogen and oxygen atoms in total. The van der Waals surface area contributed by atoms with Crippen LogP contribution >= 0.6 is 0 Å². The summed E-state index contributed by atoms with van der Waals surface area (Å²) in [6.07, 6.45) is -0.721. The minimum atomic E-state index is -0.721. The average Bonchev–Trinajstić information content (AvgIpc) is 2.68. The van der Waals surface area contributed by atoms with Gasteiger partial charge >= 0.3 is 0 Å². The predicted octanol–water partition coefficient (Wildman–Crippen LogP) is 3.28. The van der Waals surface area contributed by atoms with E-state index >= 15 is 0 Å². The molecule has 1 heterocycles. The van der Waals surface area contributed by atoms with Gasteiger partial charge in [-0.05, 0) is 32.9 Å². The fourth-order valence-electron chi connectivity index (χ4n) is 1.58. The predicted molar refractivity (Wildman–Crippen MR) is 66.9 cm³/mol. The van der Waals surface area contributed by atoms with Gasteiger partial charge in [-0.25, -0.2) is 0 Å². The van der Waals surface area contributed by atoms with E-state index in [0.717, 1.165) is 11.0 Å². The van der Waals surface area contributed by atoms with Crippen LogP contribution in [0.15, 0.2) is 34.7 Å². The van der Waals surface area contributed by atoms with Crippen molar-refractivity contribution < 1.29 is 14.3 Å². The summed E-state index contributed by atoms with van der Waals surface area (Å²) in [6.45, 7) is 6.11. The molecule has 1 unspecified atom stereocenters. The molecular formula is C14H18O3. The van der Waals surface area contributed by atoms with Crippen molar-refractivity contribution in [1.82, 2.24) is 0 Å². The van der Waals surface area contributed by atoms with Crippen molar-refractivity contribution in [3.05, 3.63) is 36.1 Å². The summed E-state index contributed by atoms with van der Waals surface area (Å²) in [6, 6.07) is 9.55. The van der Waals surface area contributed by atoms with Gasteiger partial charge in [0.05, 0.1) is 12.2 Å². The molecule has 2 rings (SSSR count). The molecule has 0 radical (unpaired) electrons. The largest absolute Gasteiger partial charge is 0.458 e. The van der Waals surface area contributed by atoms with Gasteiger partial charge in [0.25, 0.3) is 0 Å². The maximum atomic E-state index is 9.97. The second kappa shape index (κ2) is 4.51. The summed E-state index contributed by atoms with van der Waals surface area (Å²) in [7, 11) is 0. The third-order valence-corrected chi connectivity index (χ3v) is 2.45. The van der Waals surface area contributed by atoms with Crippen molar-refractivity contribution >= 4 is 11.0 Å². The summed E-state index contributed by atoms with van der Waals surface area (Å²) >= 11 is 0. The second-order valence-corrected chi connectivity index (χ2v) is 5.13. The van der Waals surface area contributed by atoms with Gasteiger partial charge in [0, 0.05) is 5.39 Å². The molecule has 0 aliphatic carbocycles. The zero-order valence-electron chi connectivity index (χ0n) is 10.4. The average molecular weight is 234 g/mol. The molecule has 1 aromatic carbocycles. The van der Waals surface area contributed by atoms with E-state index in [1.165, 1.54) is 0 Å². The number of hydrogen-bond acceptors (Lipinski definition) is 3. The van der Waals surface area contributed by atoms with Gasteiger partial charge < -0.3 is 14.3 Å². The van der Waals surface area contributed by atoms with Crippen LogP contribution in [-0.4, -0.2) is 17.3 Å². The number of hydrogen-bond donors (Lipinski definition) is 1. The van der Waals surface area contributed by atoms with Crippen LogP contribution < -0.4 is 0 Å². The van der Waals surface area contributed by atoms with Crippen LogP contribution in [0, 0.1) is 0 Å². The van der Waals surface area contributed by atoms with Crippen molar-refractivity contribution in [2.45, 2.75) is 32.5 Å². The Morgan fingerprint density at radius 3 is 2.65 bits per heavy atom. The Morgan fingerprint density at radius 2 is 2.00 bits per heavy atom. The molecule has 0 amide bonds. The molecule has 0 aliphatic rings. The molecule has 0 bridgehead atoms. The summed E-state index contributed by atoms with van der Waals surface area (Å²) < 4.78 is 11.1. The van der Waals surface area contributed by atoms with Crippen molar-refractivity contribution in [1.29, 1.82) is 0 Å². The summed E-state index contributed by atoms with van der Waals surface area (Å²) in [5.41, 5.74) is 0.532. The fraction of sp³-hybridized carbons (Fsp3) is 0.429. The van der Waals surface area contributed by atoms with Crippen molar-refractivity contribution in [2.24, 2.45) is 0 Å². The number of furan rings is 1. The quantitative estimate of drug-likeness (QED) is 0.886. The lowest BCUT2D eigenvalue weighted by molar-refractivity contribution is -0.0543. The minimum absolute atomic E-state index is 0.239. The number of aliphatic hydroxyl groups excluding tert-OH is 1.